The molecule has 1 saturated carbocycles. The van der Waals surface area contributed by atoms with Crippen LogP contribution < -0.4 is 5.32 Å². The molecule has 5 heteroatoms. The van der Waals surface area contributed by atoms with Gasteiger partial charge in [-0.15, -0.1) is 0 Å². The Labute approximate surface area is 121 Å². The lowest BCUT2D eigenvalue weighted by Gasteiger charge is -2.34. The van der Waals surface area contributed by atoms with Crippen LogP contribution in [0.1, 0.15) is 47.0 Å². The maximum absolute atomic E-state index is 12.8. The maximum Gasteiger partial charge on any atom is 0.248 e. The number of hydrogen-bond donors (Lipinski definition) is 1. The van der Waals surface area contributed by atoms with Crippen LogP contribution in [0, 0.1) is 5.92 Å². The zero-order valence-corrected chi connectivity index (χ0v) is 12.9. The van der Waals surface area contributed by atoms with E-state index in [9.17, 15) is 9.59 Å². The number of carbonyl (C=O) groups is 2. The van der Waals surface area contributed by atoms with Crippen LogP contribution in [0.2, 0.25) is 0 Å². The van der Waals surface area contributed by atoms with Crippen LogP contribution in [-0.4, -0.2) is 47.6 Å². The predicted molar refractivity (Wildman–Crippen MR) is 76.2 cm³/mol. The summed E-state index contributed by atoms with van der Waals surface area (Å²) in [6.07, 6.45) is 2.57. The largest absolute Gasteiger partial charge is 0.377 e. The van der Waals surface area contributed by atoms with Gasteiger partial charge in [0.05, 0.1) is 12.7 Å². The average Bonchev–Trinajstić information content (AvgIpc) is 3.16. The van der Waals surface area contributed by atoms with Gasteiger partial charge in [-0.1, -0.05) is 0 Å². The number of ether oxygens (including phenoxy) is 1. The third kappa shape index (κ3) is 3.14. The van der Waals surface area contributed by atoms with Gasteiger partial charge in [0.15, 0.2) is 0 Å². The molecule has 1 saturated heterocycles. The molecule has 0 aromatic carbocycles. The van der Waals surface area contributed by atoms with Gasteiger partial charge in [0.1, 0.15) is 5.54 Å². The fraction of sp³-hybridized carbons (Fsp3) is 0.867. The minimum absolute atomic E-state index is 0.0208. The highest BCUT2D eigenvalue weighted by Gasteiger charge is 2.52. The zero-order valence-electron chi connectivity index (χ0n) is 12.9. The second kappa shape index (κ2) is 5.72. The minimum Gasteiger partial charge on any atom is -0.377 e. The minimum atomic E-state index is -0.723. The highest BCUT2D eigenvalue weighted by Crippen LogP contribution is 2.41. The van der Waals surface area contributed by atoms with Crippen LogP contribution >= 0.6 is 0 Å². The van der Waals surface area contributed by atoms with Crippen molar-refractivity contribution in [1.82, 2.24) is 10.2 Å². The number of nitrogens with one attached hydrogen (secondary N) is 1. The number of hydrogen-bond acceptors (Lipinski definition) is 3. The van der Waals surface area contributed by atoms with Crippen LogP contribution in [0.5, 0.6) is 0 Å². The molecule has 5 nitrogen and oxygen atoms in total. The molecular formula is C15H26N2O3. The first-order valence-electron chi connectivity index (χ1n) is 7.58. The number of carbonyl (C=O) groups excluding carboxylic acids is 2. The molecule has 1 aliphatic heterocycles. The molecule has 2 rings (SSSR count). The lowest BCUT2D eigenvalue weighted by atomic mass is 9.94. The third-order valence-corrected chi connectivity index (χ3v) is 4.29. The molecule has 0 aromatic rings. The van der Waals surface area contributed by atoms with Crippen molar-refractivity contribution in [3.05, 3.63) is 0 Å². The fourth-order valence-corrected chi connectivity index (χ4v) is 2.92. The zero-order chi connectivity index (χ0) is 14.9. The third-order valence-electron chi connectivity index (χ3n) is 4.29. The van der Waals surface area contributed by atoms with Crippen molar-refractivity contribution in [3.8, 4) is 0 Å². The van der Waals surface area contributed by atoms with E-state index in [2.05, 4.69) is 5.32 Å². The molecule has 2 amide bonds. The summed E-state index contributed by atoms with van der Waals surface area (Å²) < 4.78 is 5.55. The first-order valence-corrected chi connectivity index (χ1v) is 7.58. The summed E-state index contributed by atoms with van der Waals surface area (Å²) >= 11 is 0. The second-order valence-electron chi connectivity index (χ2n) is 6.50. The van der Waals surface area contributed by atoms with Crippen molar-refractivity contribution in [2.45, 2.75) is 64.6 Å². The summed E-state index contributed by atoms with van der Waals surface area (Å²) in [5, 5.41) is 2.96. The molecule has 0 radical (unpaired) electrons. The molecule has 20 heavy (non-hydrogen) atoms. The monoisotopic (exact) mass is 282 g/mol. The van der Waals surface area contributed by atoms with E-state index in [4.69, 9.17) is 4.74 Å². The smallest absolute Gasteiger partial charge is 0.248 e. The predicted octanol–water partition coefficient (Wildman–Crippen LogP) is 1.32. The molecule has 2 atom stereocenters. The van der Waals surface area contributed by atoms with E-state index in [1.165, 1.54) is 0 Å². The summed E-state index contributed by atoms with van der Waals surface area (Å²) in [7, 11) is 0. The first-order chi connectivity index (χ1) is 9.34. The molecule has 0 bridgehead atoms. The van der Waals surface area contributed by atoms with E-state index in [0.717, 1.165) is 12.8 Å². The van der Waals surface area contributed by atoms with E-state index >= 15 is 0 Å². The molecule has 1 heterocycles. The van der Waals surface area contributed by atoms with Gasteiger partial charge >= 0.3 is 0 Å². The van der Waals surface area contributed by atoms with E-state index in [1.807, 2.05) is 32.6 Å². The Morgan fingerprint density at radius 3 is 2.60 bits per heavy atom. The van der Waals surface area contributed by atoms with Crippen LogP contribution in [0.4, 0.5) is 0 Å². The van der Waals surface area contributed by atoms with Gasteiger partial charge < -0.3 is 15.0 Å². The molecular weight excluding hydrogens is 256 g/mol. The molecule has 2 aliphatic rings. The standard InChI is InChI=1S/C15H26N2O3/c1-10(2)20-8-7-17-11(3)9-13(18)16-15(4,14(17)19)12-5-6-12/h10-12H,5-9H2,1-4H3,(H,16,18). The Kier molecular flexibility index (Phi) is 4.37. The Balaban J connectivity index is 2.10. The molecule has 114 valence electrons. The van der Waals surface area contributed by atoms with Crippen LogP contribution in [0.15, 0.2) is 0 Å². The van der Waals surface area contributed by atoms with E-state index in [-0.39, 0.29) is 29.9 Å². The van der Waals surface area contributed by atoms with Crippen molar-refractivity contribution in [3.63, 3.8) is 0 Å². The number of amides is 2. The normalized spacial score (nSPS) is 31.4. The summed E-state index contributed by atoms with van der Waals surface area (Å²) in [5.41, 5.74) is -0.723. The summed E-state index contributed by atoms with van der Waals surface area (Å²) in [6.45, 7) is 8.84. The molecule has 0 spiro atoms. The van der Waals surface area contributed by atoms with E-state index in [0.29, 0.717) is 19.6 Å². The van der Waals surface area contributed by atoms with Gasteiger partial charge in [-0.2, -0.15) is 0 Å². The van der Waals surface area contributed by atoms with Crippen molar-refractivity contribution in [2.24, 2.45) is 5.92 Å². The first kappa shape index (κ1) is 15.3. The van der Waals surface area contributed by atoms with Gasteiger partial charge in [-0.25, -0.2) is 0 Å². The Morgan fingerprint density at radius 1 is 1.40 bits per heavy atom. The molecule has 2 unspecified atom stereocenters. The second-order valence-corrected chi connectivity index (χ2v) is 6.50. The van der Waals surface area contributed by atoms with Gasteiger partial charge in [-0.05, 0) is 46.5 Å². The number of nitrogens with zero attached hydrogens (tertiary/aromatic N) is 1. The Morgan fingerprint density at radius 2 is 2.05 bits per heavy atom. The van der Waals surface area contributed by atoms with Crippen molar-refractivity contribution < 1.29 is 14.3 Å². The highest BCUT2D eigenvalue weighted by atomic mass is 16.5. The van der Waals surface area contributed by atoms with Crippen molar-refractivity contribution in [2.75, 3.05) is 13.2 Å². The van der Waals surface area contributed by atoms with Crippen molar-refractivity contribution in [1.29, 1.82) is 0 Å². The van der Waals surface area contributed by atoms with E-state index < -0.39 is 5.54 Å². The van der Waals surface area contributed by atoms with Gasteiger partial charge in [0, 0.05) is 19.0 Å². The van der Waals surface area contributed by atoms with Crippen molar-refractivity contribution >= 4 is 11.8 Å². The maximum atomic E-state index is 12.8. The quantitative estimate of drug-likeness (QED) is 0.827. The Bertz CT molecular complexity index is 393. The average molecular weight is 282 g/mol. The summed E-state index contributed by atoms with van der Waals surface area (Å²) in [5.74, 6) is 0.316. The lowest BCUT2D eigenvalue weighted by molar-refractivity contribution is -0.141. The van der Waals surface area contributed by atoms with Gasteiger partial charge in [0.25, 0.3) is 0 Å². The SMILES string of the molecule is CC(C)OCCN1C(=O)C(C)(C2CC2)NC(=O)CC1C. The van der Waals surface area contributed by atoms with Crippen LogP contribution in [0.3, 0.4) is 0 Å². The molecule has 2 fully saturated rings. The van der Waals surface area contributed by atoms with Gasteiger partial charge in [-0.3, -0.25) is 9.59 Å². The molecule has 1 N–H and O–H groups in total. The fourth-order valence-electron chi connectivity index (χ4n) is 2.92. The topological polar surface area (TPSA) is 58.6 Å². The van der Waals surface area contributed by atoms with Crippen LogP contribution in [0.25, 0.3) is 0 Å². The van der Waals surface area contributed by atoms with Crippen LogP contribution in [-0.2, 0) is 14.3 Å². The number of rotatable bonds is 5. The Hall–Kier alpha value is -1.10. The highest BCUT2D eigenvalue weighted by molar-refractivity contribution is 5.94. The summed E-state index contributed by atoms with van der Waals surface area (Å²) in [6, 6.07) is -0.0705. The summed E-state index contributed by atoms with van der Waals surface area (Å²) in [4.78, 5) is 26.6. The molecule has 1 aliphatic carbocycles. The van der Waals surface area contributed by atoms with Gasteiger partial charge in [0.2, 0.25) is 11.8 Å². The van der Waals surface area contributed by atoms with E-state index in [1.54, 1.807) is 0 Å². The lowest BCUT2D eigenvalue weighted by Crippen LogP contribution is -2.57. The molecule has 0 aromatic heterocycles.